The van der Waals surface area contributed by atoms with Gasteiger partial charge in [0.15, 0.2) is 9.84 Å². The van der Waals surface area contributed by atoms with E-state index in [2.05, 4.69) is 0 Å². The zero-order valence-corrected chi connectivity index (χ0v) is 9.85. The third-order valence-electron chi connectivity index (χ3n) is 3.17. The lowest BCUT2D eigenvalue weighted by Crippen LogP contribution is -2.12. The van der Waals surface area contributed by atoms with Gasteiger partial charge in [-0.05, 0) is 5.56 Å². The van der Waals surface area contributed by atoms with E-state index in [1.807, 2.05) is 30.3 Å². The van der Waals surface area contributed by atoms with Crippen LogP contribution in [0, 0.1) is 5.92 Å². The van der Waals surface area contributed by atoms with E-state index in [4.69, 9.17) is 0 Å². The van der Waals surface area contributed by atoms with Gasteiger partial charge < -0.3 is 4.79 Å². The lowest BCUT2D eigenvalue weighted by Gasteiger charge is -1.99. The van der Waals surface area contributed by atoms with Gasteiger partial charge in [-0.25, -0.2) is 8.42 Å². The van der Waals surface area contributed by atoms with Crippen LogP contribution in [0.5, 0.6) is 0 Å². The second-order valence-corrected chi connectivity index (χ2v) is 6.51. The molecule has 3 nitrogen and oxygen atoms in total. The monoisotopic (exact) mass is 238 g/mol. The number of sulfone groups is 1. The highest BCUT2D eigenvalue weighted by atomic mass is 32.2. The molecule has 0 radical (unpaired) electrons. The minimum absolute atomic E-state index is 0.103. The molecule has 0 spiro atoms. The number of hydrogen-bond acceptors (Lipinski definition) is 3. The summed E-state index contributed by atoms with van der Waals surface area (Å²) in [6.07, 6.45) is 0.773. The van der Waals surface area contributed by atoms with E-state index in [1.54, 1.807) is 6.92 Å². The largest absolute Gasteiger partial charge is 0.303 e. The number of benzene rings is 1. The molecular formula is C12H14O3S. The van der Waals surface area contributed by atoms with Crippen molar-refractivity contribution in [1.82, 2.24) is 0 Å². The fraction of sp³-hybridized carbons (Fsp3) is 0.417. The first-order valence-corrected chi connectivity index (χ1v) is 7.05. The van der Waals surface area contributed by atoms with Gasteiger partial charge in [-0.2, -0.15) is 0 Å². The van der Waals surface area contributed by atoms with Crippen LogP contribution in [0.3, 0.4) is 0 Å². The molecule has 3 unspecified atom stereocenters. The van der Waals surface area contributed by atoms with Gasteiger partial charge in [0.2, 0.25) is 0 Å². The molecule has 0 heterocycles. The van der Waals surface area contributed by atoms with Crippen LogP contribution in [0.1, 0.15) is 18.4 Å². The molecule has 16 heavy (non-hydrogen) atoms. The van der Waals surface area contributed by atoms with Gasteiger partial charge in [0.25, 0.3) is 0 Å². The van der Waals surface area contributed by atoms with Crippen molar-refractivity contribution in [2.75, 3.05) is 5.75 Å². The molecule has 86 valence electrons. The first-order valence-electron chi connectivity index (χ1n) is 5.33. The van der Waals surface area contributed by atoms with Crippen LogP contribution in [0.25, 0.3) is 0 Å². The summed E-state index contributed by atoms with van der Waals surface area (Å²) in [5, 5.41) is -0.502. The van der Waals surface area contributed by atoms with E-state index >= 15 is 0 Å². The molecule has 0 saturated heterocycles. The van der Waals surface area contributed by atoms with Crippen molar-refractivity contribution in [2.45, 2.75) is 18.1 Å². The minimum atomic E-state index is -3.11. The van der Waals surface area contributed by atoms with Crippen molar-refractivity contribution in [2.24, 2.45) is 5.92 Å². The zero-order valence-electron chi connectivity index (χ0n) is 9.04. The summed E-state index contributed by atoms with van der Waals surface area (Å²) in [6.45, 7) is 1.62. The highest BCUT2D eigenvalue weighted by molar-refractivity contribution is 7.92. The molecule has 0 amide bonds. The van der Waals surface area contributed by atoms with E-state index in [1.165, 1.54) is 0 Å². The molecular weight excluding hydrogens is 224 g/mol. The number of hydrogen-bond donors (Lipinski definition) is 0. The van der Waals surface area contributed by atoms with Crippen LogP contribution in [-0.2, 0) is 14.6 Å². The Labute approximate surface area is 95.4 Å². The summed E-state index contributed by atoms with van der Waals surface area (Å²) in [4.78, 5) is 10.9. The van der Waals surface area contributed by atoms with E-state index in [9.17, 15) is 13.2 Å². The van der Waals surface area contributed by atoms with E-state index in [0.717, 1.165) is 11.8 Å². The van der Waals surface area contributed by atoms with Gasteiger partial charge in [-0.3, -0.25) is 0 Å². The Morgan fingerprint density at radius 2 is 1.88 bits per heavy atom. The van der Waals surface area contributed by atoms with Crippen LogP contribution >= 0.6 is 0 Å². The second-order valence-electron chi connectivity index (χ2n) is 4.07. The van der Waals surface area contributed by atoms with E-state index in [-0.39, 0.29) is 17.6 Å². The van der Waals surface area contributed by atoms with E-state index < -0.39 is 15.1 Å². The standard InChI is InChI=1S/C12H14O3S/c1-2-16(14,15)12-10(8-13)11(12)9-6-4-3-5-7-9/h3-8,10-12H,2H2,1H3. The molecule has 0 N–H and O–H groups in total. The maximum absolute atomic E-state index is 11.8. The predicted molar refractivity (Wildman–Crippen MR) is 62.0 cm³/mol. The Morgan fingerprint density at radius 1 is 1.25 bits per heavy atom. The van der Waals surface area contributed by atoms with Gasteiger partial charge in [0.1, 0.15) is 6.29 Å². The van der Waals surface area contributed by atoms with Crippen molar-refractivity contribution in [3.63, 3.8) is 0 Å². The normalized spacial score (nSPS) is 28.7. The molecule has 0 bridgehead atoms. The average Bonchev–Trinajstić information content (AvgIpc) is 3.05. The van der Waals surface area contributed by atoms with Crippen molar-refractivity contribution in [1.29, 1.82) is 0 Å². The van der Waals surface area contributed by atoms with Crippen LogP contribution in [0.2, 0.25) is 0 Å². The molecule has 3 atom stereocenters. The minimum Gasteiger partial charge on any atom is -0.303 e. The fourth-order valence-electron chi connectivity index (χ4n) is 2.21. The third-order valence-corrected chi connectivity index (χ3v) is 5.41. The molecule has 1 aromatic carbocycles. The van der Waals surface area contributed by atoms with Crippen molar-refractivity contribution in [3.8, 4) is 0 Å². The molecule has 1 fully saturated rings. The second kappa shape index (κ2) is 4.01. The molecule has 0 aromatic heterocycles. The van der Waals surface area contributed by atoms with Gasteiger partial charge in [-0.1, -0.05) is 37.3 Å². The van der Waals surface area contributed by atoms with Crippen molar-refractivity contribution in [3.05, 3.63) is 35.9 Å². The van der Waals surface area contributed by atoms with Gasteiger partial charge in [0.05, 0.1) is 5.25 Å². The van der Waals surface area contributed by atoms with Crippen molar-refractivity contribution < 1.29 is 13.2 Å². The summed E-state index contributed by atoms with van der Waals surface area (Å²) in [6, 6.07) is 9.38. The van der Waals surface area contributed by atoms with Gasteiger partial charge >= 0.3 is 0 Å². The molecule has 2 rings (SSSR count). The maximum atomic E-state index is 11.8. The van der Waals surface area contributed by atoms with Crippen LogP contribution in [0.4, 0.5) is 0 Å². The molecule has 1 saturated carbocycles. The molecule has 1 aliphatic carbocycles. The molecule has 0 aliphatic heterocycles. The van der Waals surface area contributed by atoms with Crippen LogP contribution in [-0.4, -0.2) is 25.7 Å². The maximum Gasteiger partial charge on any atom is 0.154 e. The Morgan fingerprint density at radius 3 is 2.38 bits per heavy atom. The lowest BCUT2D eigenvalue weighted by atomic mass is 10.1. The summed E-state index contributed by atoms with van der Waals surface area (Å²) in [5.74, 6) is -0.387. The number of carbonyl (C=O) groups excluding carboxylic acids is 1. The Hall–Kier alpha value is -1.16. The highest BCUT2D eigenvalue weighted by Crippen LogP contribution is 2.51. The first kappa shape index (κ1) is 11.3. The number of aldehydes is 1. The van der Waals surface area contributed by atoms with Gasteiger partial charge in [0, 0.05) is 17.6 Å². The van der Waals surface area contributed by atoms with Gasteiger partial charge in [-0.15, -0.1) is 0 Å². The Bertz CT molecular complexity index is 478. The smallest absolute Gasteiger partial charge is 0.154 e. The number of carbonyl (C=O) groups is 1. The summed E-state index contributed by atoms with van der Waals surface area (Å²) < 4.78 is 23.5. The molecule has 1 aliphatic rings. The van der Waals surface area contributed by atoms with Crippen molar-refractivity contribution >= 4 is 16.1 Å². The van der Waals surface area contributed by atoms with Crippen LogP contribution < -0.4 is 0 Å². The average molecular weight is 238 g/mol. The fourth-order valence-corrected chi connectivity index (χ4v) is 4.00. The van der Waals surface area contributed by atoms with Crippen LogP contribution in [0.15, 0.2) is 30.3 Å². The van der Waals surface area contributed by atoms with E-state index in [0.29, 0.717) is 0 Å². The number of rotatable bonds is 4. The summed E-state index contributed by atoms with van der Waals surface area (Å²) >= 11 is 0. The lowest BCUT2D eigenvalue weighted by molar-refractivity contribution is -0.108. The summed E-state index contributed by atoms with van der Waals surface area (Å²) in [5.41, 5.74) is 0.946. The molecule has 1 aromatic rings. The quantitative estimate of drug-likeness (QED) is 0.745. The Kier molecular flexibility index (Phi) is 2.84. The zero-order chi connectivity index (χ0) is 11.8. The Balaban J connectivity index is 2.29. The highest BCUT2D eigenvalue weighted by Gasteiger charge is 2.57. The SMILES string of the molecule is CCS(=O)(=O)C1C(C=O)C1c1ccccc1. The predicted octanol–water partition coefficient (Wildman–Crippen LogP) is 1.40. The first-order chi connectivity index (χ1) is 7.61. The topological polar surface area (TPSA) is 51.2 Å². The third kappa shape index (κ3) is 1.78. The molecule has 4 heteroatoms. The summed E-state index contributed by atoms with van der Waals surface area (Å²) in [7, 11) is -3.11.